The van der Waals surface area contributed by atoms with Crippen LogP contribution in [0.4, 0.5) is 0 Å². The molecule has 4 nitrogen and oxygen atoms in total. The molecule has 2 N–H and O–H groups in total. The molecule has 0 saturated carbocycles. The number of ether oxygens (including phenoxy) is 1. The Morgan fingerprint density at radius 2 is 2.27 bits per heavy atom. The van der Waals surface area contributed by atoms with Crippen LogP contribution in [-0.2, 0) is 9.53 Å². The summed E-state index contributed by atoms with van der Waals surface area (Å²) in [5.74, 6) is -0.843. The van der Waals surface area contributed by atoms with Crippen LogP contribution in [0.5, 0.6) is 0 Å². The number of morpholine rings is 1. The van der Waals surface area contributed by atoms with Crippen LogP contribution in [0.25, 0.3) is 0 Å². The number of hydrogen-bond donors (Lipinski definition) is 2. The number of aliphatic carboxylic acids is 1. The molecule has 0 spiro atoms. The molecule has 0 aliphatic carbocycles. The van der Waals surface area contributed by atoms with Gasteiger partial charge in [0, 0.05) is 6.54 Å². The van der Waals surface area contributed by atoms with Gasteiger partial charge >= 0.3 is 5.97 Å². The zero-order valence-corrected chi connectivity index (χ0v) is 6.70. The first-order chi connectivity index (χ1) is 5.11. The summed E-state index contributed by atoms with van der Waals surface area (Å²) in [7, 11) is 0. The van der Waals surface area contributed by atoms with Crippen LogP contribution < -0.4 is 5.32 Å². The van der Waals surface area contributed by atoms with E-state index in [1.54, 1.807) is 6.92 Å². The van der Waals surface area contributed by atoms with Crippen molar-refractivity contribution in [2.75, 3.05) is 6.54 Å². The highest BCUT2D eigenvalue weighted by Crippen LogP contribution is 2.08. The minimum absolute atomic E-state index is 0.112. The molecule has 1 fully saturated rings. The van der Waals surface area contributed by atoms with Crippen molar-refractivity contribution in [3.63, 3.8) is 0 Å². The van der Waals surface area contributed by atoms with Gasteiger partial charge in [0.05, 0.1) is 12.2 Å². The Morgan fingerprint density at radius 3 is 2.73 bits per heavy atom. The number of carboxylic acid groups (broad SMARTS) is 1. The van der Waals surface area contributed by atoms with Gasteiger partial charge in [-0.1, -0.05) is 0 Å². The smallest absolute Gasteiger partial charge is 0.323 e. The molecule has 4 heteroatoms. The topological polar surface area (TPSA) is 58.6 Å². The molecule has 3 atom stereocenters. The summed E-state index contributed by atoms with van der Waals surface area (Å²) in [6, 6.07) is -0.550. The lowest BCUT2D eigenvalue weighted by atomic mass is 10.1. The Morgan fingerprint density at radius 1 is 1.64 bits per heavy atom. The van der Waals surface area contributed by atoms with Crippen molar-refractivity contribution in [2.24, 2.45) is 0 Å². The lowest BCUT2D eigenvalue weighted by Gasteiger charge is -2.31. The molecule has 1 saturated heterocycles. The molecule has 0 aromatic rings. The van der Waals surface area contributed by atoms with Gasteiger partial charge < -0.3 is 9.84 Å². The van der Waals surface area contributed by atoms with Gasteiger partial charge in [-0.25, -0.2) is 0 Å². The summed E-state index contributed by atoms with van der Waals surface area (Å²) in [6.07, 6.45) is -0.128. The van der Waals surface area contributed by atoms with E-state index in [0.717, 1.165) is 0 Å². The van der Waals surface area contributed by atoms with E-state index in [1.807, 2.05) is 6.92 Å². The van der Waals surface area contributed by atoms with Crippen LogP contribution in [0.3, 0.4) is 0 Å². The Hall–Kier alpha value is -0.610. The molecule has 0 unspecified atom stereocenters. The first-order valence-electron chi connectivity index (χ1n) is 3.73. The molecule has 64 valence electrons. The average Bonchev–Trinajstić information content (AvgIpc) is 1.85. The molecule has 0 bridgehead atoms. The minimum atomic E-state index is -0.843. The molecular weight excluding hydrogens is 146 g/mol. The van der Waals surface area contributed by atoms with Gasteiger partial charge in [0.25, 0.3) is 0 Å². The van der Waals surface area contributed by atoms with Gasteiger partial charge in [-0.15, -0.1) is 0 Å². The van der Waals surface area contributed by atoms with Crippen LogP contribution in [0, 0.1) is 0 Å². The van der Waals surface area contributed by atoms with Gasteiger partial charge in [0.2, 0.25) is 0 Å². The second kappa shape index (κ2) is 3.19. The third-order valence-electron chi connectivity index (χ3n) is 1.81. The molecule has 0 radical (unpaired) electrons. The van der Waals surface area contributed by atoms with Crippen LogP contribution in [-0.4, -0.2) is 35.9 Å². The first kappa shape index (κ1) is 8.49. The molecule has 1 aliphatic heterocycles. The molecule has 0 aromatic heterocycles. The predicted octanol–water partition coefficient (Wildman–Crippen LogP) is -0.164. The Balaban J connectivity index is 2.50. The van der Waals surface area contributed by atoms with E-state index in [9.17, 15) is 4.79 Å². The third kappa shape index (κ3) is 1.91. The van der Waals surface area contributed by atoms with E-state index in [1.165, 1.54) is 0 Å². The quantitative estimate of drug-likeness (QED) is 0.558. The molecule has 0 aromatic carbocycles. The van der Waals surface area contributed by atoms with E-state index >= 15 is 0 Å². The standard InChI is InChI=1S/C7H13NO3/c1-4-3-8-6(7(9)10)5(2)11-4/h4-6,8H,3H2,1-2H3,(H,9,10)/t4-,5-,6-/m1/s1. The Bertz CT molecular complexity index is 160. The van der Waals surface area contributed by atoms with E-state index in [0.29, 0.717) is 6.54 Å². The fourth-order valence-electron chi connectivity index (χ4n) is 1.24. The van der Waals surface area contributed by atoms with Crippen molar-refractivity contribution in [3.8, 4) is 0 Å². The maximum Gasteiger partial charge on any atom is 0.323 e. The fraction of sp³-hybridized carbons (Fsp3) is 0.857. The van der Waals surface area contributed by atoms with Crippen LogP contribution in [0.15, 0.2) is 0 Å². The predicted molar refractivity (Wildman–Crippen MR) is 39.4 cm³/mol. The van der Waals surface area contributed by atoms with Crippen molar-refractivity contribution >= 4 is 5.97 Å². The maximum atomic E-state index is 10.5. The summed E-state index contributed by atoms with van der Waals surface area (Å²) in [5, 5.41) is 11.5. The van der Waals surface area contributed by atoms with Gasteiger partial charge in [-0.2, -0.15) is 0 Å². The zero-order valence-electron chi connectivity index (χ0n) is 6.70. The molecule has 1 heterocycles. The average molecular weight is 159 g/mol. The molecular formula is C7H13NO3. The van der Waals surface area contributed by atoms with Gasteiger partial charge in [-0.3, -0.25) is 10.1 Å². The van der Waals surface area contributed by atoms with Gasteiger partial charge in [-0.05, 0) is 13.8 Å². The lowest BCUT2D eigenvalue weighted by Crippen LogP contribution is -2.54. The maximum absolute atomic E-state index is 10.5. The second-order valence-corrected chi connectivity index (χ2v) is 2.88. The van der Waals surface area contributed by atoms with Crippen molar-refractivity contribution in [2.45, 2.75) is 32.1 Å². The van der Waals surface area contributed by atoms with E-state index in [2.05, 4.69) is 5.32 Å². The summed E-state index contributed by atoms with van der Waals surface area (Å²) < 4.78 is 5.32. The summed E-state index contributed by atoms with van der Waals surface area (Å²) in [6.45, 7) is 4.30. The third-order valence-corrected chi connectivity index (χ3v) is 1.81. The van der Waals surface area contributed by atoms with Crippen molar-refractivity contribution < 1.29 is 14.6 Å². The highest BCUT2D eigenvalue weighted by atomic mass is 16.5. The van der Waals surface area contributed by atoms with E-state index < -0.39 is 12.0 Å². The minimum Gasteiger partial charge on any atom is -0.480 e. The normalized spacial score (nSPS) is 38.5. The largest absolute Gasteiger partial charge is 0.480 e. The van der Waals surface area contributed by atoms with Crippen molar-refractivity contribution in [3.05, 3.63) is 0 Å². The second-order valence-electron chi connectivity index (χ2n) is 2.88. The number of carboxylic acids is 1. The molecule has 1 rings (SSSR count). The zero-order chi connectivity index (χ0) is 8.43. The Kier molecular flexibility index (Phi) is 2.46. The van der Waals surface area contributed by atoms with E-state index in [-0.39, 0.29) is 12.2 Å². The summed E-state index contributed by atoms with van der Waals surface area (Å²) in [4.78, 5) is 10.5. The van der Waals surface area contributed by atoms with Crippen molar-refractivity contribution in [1.29, 1.82) is 0 Å². The van der Waals surface area contributed by atoms with Gasteiger partial charge in [0.15, 0.2) is 0 Å². The monoisotopic (exact) mass is 159 g/mol. The van der Waals surface area contributed by atoms with E-state index in [4.69, 9.17) is 9.84 Å². The number of hydrogen-bond acceptors (Lipinski definition) is 3. The van der Waals surface area contributed by atoms with Gasteiger partial charge in [0.1, 0.15) is 6.04 Å². The van der Waals surface area contributed by atoms with Crippen molar-refractivity contribution in [1.82, 2.24) is 5.32 Å². The molecule has 1 aliphatic rings. The highest BCUT2D eigenvalue weighted by molar-refractivity contribution is 5.74. The number of nitrogens with one attached hydrogen (secondary N) is 1. The highest BCUT2D eigenvalue weighted by Gasteiger charge is 2.30. The molecule has 0 amide bonds. The summed E-state index contributed by atoms with van der Waals surface area (Å²) in [5.41, 5.74) is 0. The van der Waals surface area contributed by atoms with Crippen LogP contribution in [0.1, 0.15) is 13.8 Å². The lowest BCUT2D eigenvalue weighted by molar-refractivity contribution is -0.148. The number of carbonyl (C=O) groups is 1. The Labute approximate surface area is 65.5 Å². The SMILES string of the molecule is C[C@@H]1CN[C@@H](C(=O)O)[C@@H](C)O1. The number of rotatable bonds is 1. The van der Waals surface area contributed by atoms with Crippen LogP contribution >= 0.6 is 0 Å². The van der Waals surface area contributed by atoms with Crippen LogP contribution in [0.2, 0.25) is 0 Å². The first-order valence-corrected chi connectivity index (χ1v) is 3.73. The molecule has 11 heavy (non-hydrogen) atoms. The summed E-state index contributed by atoms with van der Waals surface area (Å²) >= 11 is 0. The fourth-order valence-corrected chi connectivity index (χ4v) is 1.24.